The highest BCUT2D eigenvalue weighted by atomic mass is 16.4. The van der Waals surface area contributed by atoms with Crippen LogP contribution in [-0.4, -0.2) is 11.1 Å². The molecule has 0 radical (unpaired) electrons. The standard InChI is InChI=1S/C12H20O2/c1-9(2)7-11(4)8-10(3)5-6-12(13)14/h5-7,10-11H,8H2,1-4H3,(H,13,14). The minimum absolute atomic E-state index is 0.316. The van der Waals surface area contributed by atoms with Crippen LogP contribution in [0.15, 0.2) is 23.8 Å². The number of carboxylic acids is 1. The van der Waals surface area contributed by atoms with E-state index in [1.54, 1.807) is 6.08 Å². The van der Waals surface area contributed by atoms with Gasteiger partial charge >= 0.3 is 5.97 Å². The fourth-order valence-electron chi connectivity index (χ4n) is 1.55. The van der Waals surface area contributed by atoms with Gasteiger partial charge in [0.1, 0.15) is 0 Å². The number of carbonyl (C=O) groups is 1. The molecule has 0 saturated carbocycles. The molecule has 0 fully saturated rings. The number of hydrogen-bond acceptors (Lipinski definition) is 1. The van der Waals surface area contributed by atoms with Gasteiger partial charge in [-0.15, -0.1) is 0 Å². The van der Waals surface area contributed by atoms with Crippen LogP contribution in [0.5, 0.6) is 0 Å². The Morgan fingerprint density at radius 1 is 1.29 bits per heavy atom. The smallest absolute Gasteiger partial charge is 0.327 e. The number of rotatable bonds is 5. The highest BCUT2D eigenvalue weighted by Gasteiger charge is 2.03. The molecule has 14 heavy (non-hydrogen) atoms. The van der Waals surface area contributed by atoms with Gasteiger partial charge in [-0.1, -0.05) is 31.6 Å². The lowest BCUT2D eigenvalue weighted by Crippen LogP contribution is -1.99. The van der Waals surface area contributed by atoms with Gasteiger partial charge < -0.3 is 5.11 Å². The van der Waals surface area contributed by atoms with E-state index in [1.807, 2.05) is 6.92 Å². The second kappa shape index (κ2) is 6.41. The van der Waals surface area contributed by atoms with Crippen molar-refractivity contribution in [2.75, 3.05) is 0 Å². The fourth-order valence-corrected chi connectivity index (χ4v) is 1.55. The molecule has 0 bridgehead atoms. The van der Waals surface area contributed by atoms with E-state index >= 15 is 0 Å². The van der Waals surface area contributed by atoms with Crippen molar-refractivity contribution in [3.63, 3.8) is 0 Å². The van der Waals surface area contributed by atoms with E-state index < -0.39 is 5.97 Å². The molecule has 0 heterocycles. The first-order chi connectivity index (χ1) is 6.41. The average molecular weight is 196 g/mol. The van der Waals surface area contributed by atoms with E-state index in [0.29, 0.717) is 11.8 Å². The van der Waals surface area contributed by atoms with Gasteiger partial charge in [0, 0.05) is 6.08 Å². The molecule has 0 aliphatic rings. The molecule has 0 aromatic heterocycles. The van der Waals surface area contributed by atoms with Gasteiger partial charge in [-0.2, -0.15) is 0 Å². The molecule has 2 atom stereocenters. The van der Waals surface area contributed by atoms with Gasteiger partial charge in [-0.3, -0.25) is 0 Å². The molecule has 0 rings (SSSR count). The first kappa shape index (κ1) is 12.9. The number of allylic oxidation sites excluding steroid dienone is 3. The van der Waals surface area contributed by atoms with Crippen molar-refractivity contribution < 1.29 is 9.90 Å². The molecule has 0 aromatic rings. The monoisotopic (exact) mass is 196 g/mol. The maximum atomic E-state index is 10.3. The SMILES string of the molecule is CC(C)=CC(C)CC(C)C=CC(=O)O. The highest BCUT2D eigenvalue weighted by Crippen LogP contribution is 2.15. The predicted molar refractivity (Wildman–Crippen MR) is 59.2 cm³/mol. The summed E-state index contributed by atoms with van der Waals surface area (Å²) in [4.78, 5) is 10.3. The van der Waals surface area contributed by atoms with Crippen molar-refractivity contribution in [2.45, 2.75) is 34.1 Å². The molecule has 0 aliphatic carbocycles. The lowest BCUT2D eigenvalue weighted by molar-refractivity contribution is -0.131. The van der Waals surface area contributed by atoms with Crippen LogP contribution in [0.2, 0.25) is 0 Å². The molecule has 0 aromatic carbocycles. The molecule has 1 N–H and O–H groups in total. The van der Waals surface area contributed by atoms with Crippen LogP contribution < -0.4 is 0 Å². The fraction of sp³-hybridized carbons (Fsp3) is 0.583. The van der Waals surface area contributed by atoms with Gasteiger partial charge in [0.05, 0.1) is 0 Å². The van der Waals surface area contributed by atoms with Gasteiger partial charge in [-0.05, 0) is 32.1 Å². The van der Waals surface area contributed by atoms with E-state index in [0.717, 1.165) is 6.42 Å². The van der Waals surface area contributed by atoms with Crippen LogP contribution in [0.4, 0.5) is 0 Å². The van der Waals surface area contributed by atoms with Gasteiger partial charge in [0.25, 0.3) is 0 Å². The summed E-state index contributed by atoms with van der Waals surface area (Å²) in [5.74, 6) is -0.0446. The summed E-state index contributed by atoms with van der Waals surface area (Å²) in [6.07, 6.45) is 6.18. The van der Waals surface area contributed by atoms with Gasteiger partial charge in [-0.25, -0.2) is 4.79 Å². The molecule has 2 nitrogen and oxygen atoms in total. The summed E-state index contributed by atoms with van der Waals surface area (Å²) < 4.78 is 0. The largest absolute Gasteiger partial charge is 0.478 e. The van der Waals surface area contributed by atoms with Gasteiger partial charge in [0.2, 0.25) is 0 Å². The van der Waals surface area contributed by atoms with Crippen molar-refractivity contribution in [2.24, 2.45) is 11.8 Å². The number of aliphatic carboxylic acids is 1. The molecule has 0 amide bonds. The molecule has 80 valence electrons. The zero-order valence-corrected chi connectivity index (χ0v) is 9.45. The third kappa shape index (κ3) is 7.59. The van der Waals surface area contributed by atoms with Crippen LogP contribution in [0.1, 0.15) is 34.1 Å². The van der Waals surface area contributed by atoms with Crippen molar-refractivity contribution >= 4 is 5.97 Å². The Morgan fingerprint density at radius 3 is 2.29 bits per heavy atom. The van der Waals surface area contributed by atoms with Crippen LogP contribution in [0.25, 0.3) is 0 Å². The molecule has 2 heteroatoms. The minimum atomic E-state index is -0.869. The Hall–Kier alpha value is -1.05. The van der Waals surface area contributed by atoms with Crippen LogP contribution in [0, 0.1) is 11.8 Å². The zero-order chi connectivity index (χ0) is 11.1. The van der Waals surface area contributed by atoms with Gasteiger partial charge in [0.15, 0.2) is 0 Å². The summed E-state index contributed by atoms with van der Waals surface area (Å²) in [6, 6.07) is 0. The Morgan fingerprint density at radius 2 is 1.86 bits per heavy atom. The first-order valence-electron chi connectivity index (χ1n) is 4.98. The van der Waals surface area contributed by atoms with E-state index in [1.165, 1.54) is 11.6 Å². The molecular formula is C12H20O2. The summed E-state index contributed by atoms with van der Waals surface area (Å²) in [6.45, 7) is 8.34. The van der Waals surface area contributed by atoms with E-state index in [4.69, 9.17) is 5.11 Å². The van der Waals surface area contributed by atoms with E-state index in [-0.39, 0.29) is 0 Å². The normalized spacial score (nSPS) is 15.1. The molecule has 0 saturated heterocycles. The summed E-state index contributed by atoms with van der Waals surface area (Å²) in [5.41, 5.74) is 1.31. The highest BCUT2D eigenvalue weighted by molar-refractivity contribution is 5.79. The Bertz CT molecular complexity index is 235. The Balaban J connectivity index is 4.00. The predicted octanol–water partition coefficient (Wildman–Crippen LogP) is 3.26. The van der Waals surface area contributed by atoms with Crippen LogP contribution in [-0.2, 0) is 4.79 Å². The Labute approximate surface area is 86.3 Å². The average Bonchev–Trinajstić information content (AvgIpc) is 1.98. The molecule has 0 aliphatic heterocycles. The van der Waals surface area contributed by atoms with Crippen molar-refractivity contribution in [1.82, 2.24) is 0 Å². The molecule has 2 unspecified atom stereocenters. The maximum Gasteiger partial charge on any atom is 0.327 e. The third-order valence-electron chi connectivity index (χ3n) is 1.93. The second-order valence-electron chi connectivity index (χ2n) is 4.13. The zero-order valence-electron chi connectivity index (χ0n) is 9.45. The number of carboxylic acid groups (broad SMARTS) is 1. The number of hydrogen-bond donors (Lipinski definition) is 1. The van der Waals surface area contributed by atoms with Crippen molar-refractivity contribution in [3.05, 3.63) is 23.8 Å². The third-order valence-corrected chi connectivity index (χ3v) is 1.93. The minimum Gasteiger partial charge on any atom is -0.478 e. The second-order valence-corrected chi connectivity index (χ2v) is 4.13. The van der Waals surface area contributed by atoms with Crippen LogP contribution in [0.3, 0.4) is 0 Å². The molecular weight excluding hydrogens is 176 g/mol. The summed E-state index contributed by atoms with van der Waals surface area (Å²) in [7, 11) is 0. The first-order valence-corrected chi connectivity index (χ1v) is 4.98. The quantitative estimate of drug-likeness (QED) is 0.541. The lowest BCUT2D eigenvalue weighted by atomic mass is 9.95. The molecule has 0 spiro atoms. The summed E-state index contributed by atoms with van der Waals surface area (Å²) in [5, 5.41) is 8.44. The van der Waals surface area contributed by atoms with E-state index in [2.05, 4.69) is 26.8 Å². The topological polar surface area (TPSA) is 37.3 Å². The van der Waals surface area contributed by atoms with E-state index in [9.17, 15) is 4.79 Å². The van der Waals surface area contributed by atoms with Crippen molar-refractivity contribution in [3.8, 4) is 0 Å². The van der Waals surface area contributed by atoms with Crippen molar-refractivity contribution in [1.29, 1.82) is 0 Å². The maximum absolute atomic E-state index is 10.3. The Kier molecular flexibility index (Phi) is 5.93. The van der Waals surface area contributed by atoms with Crippen LogP contribution >= 0.6 is 0 Å². The summed E-state index contributed by atoms with van der Waals surface area (Å²) >= 11 is 0. The lowest BCUT2D eigenvalue weighted by Gasteiger charge is -2.10.